The van der Waals surface area contributed by atoms with E-state index in [2.05, 4.69) is 20.9 Å². The first kappa shape index (κ1) is 11.7. The van der Waals surface area contributed by atoms with Crippen molar-refractivity contribution >= 4 is 38.6 Å². The van der Waals surface area contributed by atoms with E-state index in [-0.39, 0.29) is 20.5 Å². The van der Waals surface area contributed by atoms with Gasteiger partial charge in [-0.05, 0) is 15.9 Å². The number of halogens is 6. The van der Waals surface area contributed by atoms with E-state index in [1.165, 1.54) is 0 Å². The highest BCUT2D eigenvalue weighted by atomic mass is 79.9. The SMILES string of the molecule is Fc1cc2[nH]c(C(F)(F)F)nc2c(Br)c1Cl. The van der Waals surface area contributed by atoms with E-state index in [0.717, 1.165) is 6.07 Å². The minimum Gasteiger partial charge on any atom is -0.334 e. The summed E-state index contributed by atoms with van der Waals surface area (Å²) in [4.78, 5) is 5.29. The van der Waals surface area contributed by atoms with Crippen molar-refractivity contribution in [3.05, 3.63) is 27.2 Å². The molecule has 8 heteroatoms. The van der Waals surface area contributed by atoms with Gasteiger partial charge in [0.1, 0.15) is 11.3 Å². The van der Waals surface area contributed by atoms with Crippen molar-refractivity contribution < 1.29 is 17.6 Å². The lowest BCUT2D eigenvalue weighted by Crippen LogP contribution is -2.06. The van der Waals surface area contributed by atoms with Crippen LogP contribution >= 0.6 is 27.5 Å². The highest BCUT2D eigenvalue weighted by Gasteiger charge is 2.35. The molecular weight excluding hydrogens is 315 g/mol. The molecule has 2 rings (SSSR count). The number of fused-ring (bicyclic) bond motifs is 1. The Morgan fingerprint density at radius 3 is 2.56 bits per heavy atom. The number of hydrogen-bond acceptors (Lipinski definition) is 1. The van der Waals surface area contributed by atoms with Gasteiger partial charge in [-0.2, -0.15) is 13.2 Å². The van der Waals surface area contributed by atoms with Crippen LogP contribution in [0.3, 0.4) is 0 Å². The van der Waals surface area contributed by atoms with Crippen LogP contribution < -0.4 is 0 Å². The molecular formula is C8H2BrClF4N2. The maximum absolute atomic E-state index is 13.1. The molecule has 0 aliphatic rings. The summed E-state index contributed by atoms with van der Waals surface area (Å²) in [6.45, 7) is 0. The minimum atomic E-state index is -4.61. The zero-order chi connectivity index (χ0) is 12.1. The molecule has 0 fully saturated rings. The van der Waals surface area contributed by atoms with Gasteiger partial charge in [0, 0.05) is 6.07 Å². The second-order valence-electron chi connectivity index (χ2n) is 2.97. The summed E-state index contributed by atoms with van der Waals surface area (Å²) < 4.78 is 50.1. The first-order chi connectivity index (χ1) is 7.30. The van der Waals surface area contributed by atoms with Gasteiger partial charge in [-0.3, -0.25) is 0 Å². The van der Waals surface area contributed by atoms with Crippen molar-refractivity contribution in [1.82, 2.24) is 9.97 Å². The monoisotopic (exact) mass is 316 g/mol. The summed E-state index contributed by atoms with van der Waals surface area (Å²) in [5.74, 6) is -2.01. The smallest absolute Gasteiger partial charge is 0.334 e. The first-order valence-electron chi connectivity index (χ1n) is 3.91. The second-order valence-corrected chi connectivity index (χ2v) is 4.14. The topological polar surface area (TPSA) is 28.7 Å². The number of nitrogens with zero attached hydrogens (tertiary/aromatic N) is 1. The fraction of sp³-hybridized carbons (Fsp3) is 0.125. The van der Waals surface area contributed by atoms with Gasteiger partial charge in [-0.1, -0.05) is 11.6 Å². The lowest BCUT2D eigenvalue weighted by Gasteiger charge is -1.98. The normalized spacial score (nSPS) is 12.4. The van der Waals surface area contributed by atoms with Gasteiger partial charge in [-0.15, -0.1) is 0 Å². The number of nitrogens with one attached hydrogen (secondary N) is 1. The highest BCUT2D eigenvalue weighted by Crippen LogP contribution is 2.35. The van der Waals surface area contributed by atoms with Crippen LogP contribution in [0.25, 0.3) is 11.0 Å². The van der Waals surface area contributed by atoms with E-state index < -0.39 is 17.8 Å². The van der Waals surface area contributed by atoms with Crippen LogP contribution in [0.4, 0.5) is 17.6 Å². The zero-order valence-electron chi connectivity index (χ0n) is 7.29. The predicted octanol–water partition coefficient (Wildman–Crippen LogP) is 4.14. The molecule has 0 aliphatic carbocycles. The standard InChI is InChI=1S/C8H2BrClF4N2/c9-4-5(10)2(11)1-3-6(4)16-7(15-3)8(12,13)14/h1H,(H,15,16). The van der Waals surface area contributed by atoms with Crippen molar-refractivity contribution in [2.75, 3.05) is 0 Å². The van der Waals surface area contributed by atoms with Gasteiger partial charge in [0.2, 0.25) is 5.82 Å². The van der Waals surface area contributed by atoms with Crippen LogP contribution in [0, 0.1) is 5.82 Å². The van der Waals surface area contributed by atoms with Gasteiger partial charge in [-0.25, -0.2) is 9.37 Å². The molecule has 0 saturated carbocycles. The molecule has 0 unspecified atom stereocenters. The van der Waals surface area contributed by atoms with E-state index in [1.54, 1.807) is 0 Å². The van der Waals surface area contributed by atoms with E-state index in [9.17, 15) is 17.6 Å². The maximum atomic E-state index is 13.1. The Hall–Kier alpha value is -0.820. The molecule has 0 radical (unpaired) electrons. The number of alkyl halides is 3. The molecule has 1 N–H and O–H groups in total. The quantitative estimate of drug-likeness (QED) is 0.574. The lowest BCUT2D eigenvalue weighted by molar-refractivity contribution is -0.144. The van der Waals surface area contributed by atoms with Crippen LogP contribution in [-0.2, 0) is 6.18 Å². The number of rotatable bonds is 0. The Kier molecular flexibility index (Phi) is 2.62. The Morgan fingerprint density at radius 1 is 1.38 bits per heavy atom. The van der Waals surface area contributed by atoms with Gasteiger partial charge in [0.25, 0.3) is 0 Å². The summed E-state index contributed by atoms with van der Waals surface area (Å²) in [6, 6.07) is 0.866. The third-order valence-corrected chi connectivity index (χ3v) is 3.25. The number of imidazole rings is 1. The Balaban J connectivity index is 2.77. The van der Waals surface area contributed by atoms with Gasteiger partial charge in [0.15, 0.2) is 0 Å². The van der Waals surface area contributed by atoms with Gasteiger partial charge < -0.3 is 4.98 Å². The first-order valence-corrected chi connectivity index (χ1v) is 5.08. The molecule has 2 nitrogen and oxygen atoms in total. The Bertz CT molecular complexity index is 563. The predicted molar refractivity (Wildman–Crippen MR) is 53.8 cm³/mol. The van der Waals surface area contributed by atoms with Crippen molar-refractivity contribution in [3.63, 3.8) is 0 Å². The number of aromatic amines is 1. The molecule has 0 aliphatic heterocycles. The summed E-state index contributed by atoms with van der Waals surface area (Å²) >= 11 is 8.41. The molecule has 1 aromatic heterocycles. The lowest BCUT2D eigenvalue weighted by atomic mass is 10.3. The van der Waals surface area contributed by atoms with E-state index >= 15 is 0 Å². The largest absolute Gasteiger partial charge is 0.449 e. The molecule has 0 saturated heterocycles. The molecule has 0 atom stereocenters. The maximum Gasteiger partial charge on any atom is 0.449 e. The Morgan fingerprint density at radius 2 is 2.00 bits per heavy atom. The van der Waals surface area contributed by atoms with Gasteiger partial charge in [0.05, 0.1) is 15.0 Å². The third-order valence-electron chi connectivity index (χ3n) is 1.88. The van der Waals surface area contributed by atoms with Crippen LogP contribution in [0.1, 0.15) is 5.82 Å². The van der Waals surface area contributed by atoms with Crippen molar-refractivity contribution in [2.24, 2.45) is 0 Å². The fourth-order valence-corrected chi connectivity index (χ4v) is 1.83. The van der Waals surface area contributed by atoms with E-state index in [1.807, 2.05) is 4.98 Å². The van der Waals surface area contributed by atoms with E-state index in [0.29, 0.717) is 0 Å². The Labute approximate surface area is 99.7 Å². The van der Waals surface area contributed by atoms with Crippen molar-refractivity contribution in [3.8, 4) is 0 Å². The highest BCUT2D eigenvalue weighted by molar-refractivity contribution is 9.10. The summed E-state index contributed by atoms with van der Waals surface area (Å²) in [5.41, 5.74) is -0.125. The molecule has 16 heavy (non-hydrogen) atoms. The van der Waals surface area contributed by atoms with Gasteiger partial charge >= 0.3 is 6.18 Å². The van der Waals surface area contributed by atoms with Crippen molar-refractivity contribution in [2.45, 2.75) is 6.18 Å². The zero-order valence-corrected chi connectivity index (χ0v) is 9.63. The molecule has 1 aromatic carbocycles. The minimum absolute atomic E-state index is 0.00378. The average Bonchev–Trinajstić information content (AvgIpc) is 2.57. The average molecular weight is 317 g/mol. The molecule has 86 valence electrons. The summed E-state index contributed by atoms with van der Waals surface area (Å²) in [5, 5.41) is -0.298. The van der Waals surface area contributed by atoms with Crippen molar-refractivity contribution in [1.29, 1.82) is 0 Å². The number of H-pyrrole nitrogens is 1. The van der Waals surface area contributed by atoms with E-state index in [4.69, 9.17) is 11.6 Å². The number of benzene rings is 1. The number of aromatic nitrogens is 2. The van der Waals surface area contributed by atoms with Crippen LogP contribution in [0.5, 0.6) is 0 Å². The fourth-order valence-electron chi connectivity index (χ4n) is 1.19. The molecule has 2 aromatic rings. The second kappa shape index (κ2) is 3.59. The summed E-state index contributed by atoms with van der Waals surface area (Å²) in [7, 11) is 0. The third kappa shape index (κ3) is 1.78. The van der Waals surface area contributed by atoms with Crippen LogP contribution in [0.2, 0.25) is 5.02 Å². The summed E-state index contributed by atoms with van der Waals surface area (Å²) in [6.07, 6.45) is -4.61. The van der Waals surface area contributed by atoms with Crippen LogP contribution in [0.15, 0.2) is 10.5 Å². The molecule has 0 bridgehead atoms. The number of hydrogen-bond donors (Lipinski definition) is 1. The molecule has 0 amide bonds. The van der Waals surface area contributed by atoms with Crippen LogP contribution in [-0.4, -0.2) is 9.97 Å². The molecule has 0 spiro atoms. The molecule has 1 heterocycles.